The van der Waals surface area contributed by atoms with E-state index in [0.29, 0.717) is 0 Å². The molecule has 0 spiro atoms. The Balaban J connectivity index is 2.23. The Morgan fingerprint density at radius 1 is 1.56 bits per heavy atom. The molecule has 0 aromatic heterocycles. The van der Waals surface area contributed by atoms with Crippen LogP contribution in [0.15, 0.2) is 0 Å². The zero-order chi connectivity index (χ0) is 6.69. The van der Waals surface area contributed by atoms with Gasteiger partial charge in [0.05, 0.1) is 0 Å². The summed E-state index contributed by atoms with van der Waals surface area (Å²) < 4.78 is 0. The Kier molecular flexibility index (Phi) is 2.52. The lowest BCUT2D eigenvalue weighted by Gasteiger charge is -2.28. The molecule has 1 fully saturated rings. The third kappa shape index (κ3) is 1.98. The Hall–Kier alpha value is -0.0400. The average molecular weight is 127 g/mol. The predicted molar refractivity (Wildman–Crippen MR) is 40.5 cm³/mol. The van der Waals surface area contributed by atoms with Crippen LogP contribution in [0, 0.1) is 5.92 Å². The van der Waals surface area contributed by atoms with E-state index in [1.165, 1.54) is 32.4 Å². The quantitative estimate of drug-likeness (QED) is 0.518. The molecule has 1 heterocycles. The van der Waals surface area contributed by atoms with Crippen molar-refractivity contribution in [3.05, 3.63) is 0 Å². The molecule has 0 unspecified atom stereocenters. The van der Waals surface area contributed by atoms with Crippen LogP contribution in [0.1, 0.15) is 26.2 Å². The zero-order valence-corrected chi connectivity index (χ0v) is 6.56. The van der Waals surface area contributed by atoms with Gasteiger partial charge < -0.3 is 4.90 Å². The van der Waals surface area contributed by atoms with E-state index in [-0.39, 0.29) is 0 Å². The summed E-state index contributed by atoms with van der Waals surface area (Å²) in [5, 5.41) is 0. The fraction of sp³-hybridized carbons (Fsp3) is 1.00. The lowest BCUT2D eigenvalue weighted by Crippen LogP contribution is -2.31. The minimum Gasteiger partial charge on any atom is -0.306 e. The van der Waals surface area contributed by atoms with E-state index in [1.807, 2.05) is 0 Å². The van der Waals surface area contributed by atoms with Gasteiger partial charge in [-0.1, -0.05) is 13.3 Å². The number of piperidine rings is 1. The van der Waals surface area contributed by atoms with Crippen molar-refractivity contribution in [3.63, 3.8) is 0 Å². The summed E-state index contributed by atoms with van der Waals surface area (Å²) in [5.41, 5.74) is 0. The molecule has 1 heteroatoms. The number of hydrogen-bond acceptors (Lipinski definition) is 1. The van der Waals surface area contributed by atoms with Gasteiger partial charge in [0.1, 0.15) is 0 Å². The molecule has 0 aromatic rings. The van der Waals surface area contributed by atoms with Crippen molar-refractivity contribution in [3.8, 4) is 0 Å². The van der Waals surface area contributed by atoms with Gasteiger partial charge in [-0.15, -0.1) is 0 Å². The van der Waals surface area contributed by atoms with Crippen molar-refractivity contribution in [2.75, 3.05) is 20.1 Å². The molecule has 1 nitrogen and oxygen atoms in total. The first-order valence-corrected chi connectivity index (χ1v) is 4.01. The summed E-state index contributed by atoms with van der Waals surface area (Å²) in [6.07, 6.45) is 4.24. The first-order chi connectivity index (χ1) is 4.33. The van der Waals surface area contributed by atoms with E-state index in [2.05, 4.69) is 18.9 Å². The Morgan fingerprint density at radius 2 is 2.33 bits per heavy atom. The minimum atomic E-state index is 0.990. The van der Waals surface area contributed by atoms with Crippen molar-refractivity contribution in [2.24, 2.45) is 5.92 Å². The van der Waals surface area contributed by atoms with Crippen molar-refractivity contribution < 1.29 is 0 Å². The SMILES string of the molecule is CC[C@H]1CCCN(C)C1. The maximum absolute atomic E-state index is 2.44. The van der Waals surface area contributed by atoms with Gasteiger partial charge in [0, 0.05) is 6.54 Å². The lowest BCUT2D eigenvalue weighted by atomic mass is 9.96. The average Bonchev–Trinajstić information content (AvgIpc) is 1.88. The van der Waals surface area contributed by atoms with E-state index in [4.69, 9.17) is 0 Å². The van der Waals surface area contributed by atoms with E-state index in [9.17, 15) is 0 Å². The van der Waals surface area contributed by atoms with Gasteiger partial charge in [0.15, 0.2) is 0 Å². The largest absolute Gasteiger partial charge is 0.306 e. The van der Waals surface area contributed by atoms with Gasteiger partial charge in [0.25, 0.3) is 0 Å². The second-order valence-corrected chi connectivity index (χ2v) is 3.18. The molecule has 1 atom stereocenters. The molecule has 1 aliphatic rings. The maximum Gasteiger partial charge on any atom is 0.000651 e. The summed E-state index contributed by atoms with van der Waals surface area (Å²) in [6, 6.07) is 0. The van der Waals surface area contributed by atoms with Crippen LogP contribution in [0.4, 0.5) is 0 Å². The molecule has 1 aliphatic heterocycles. The topological polar surface area (TPSA) is 3.24 Å². The van der Waals surface area contributed by atoms with Crippen molar-refractivity contribution in [1.82, 2.24) is 4.90 Å². The molecule has 1 rings (SSSR count). The highest BCUT2D eigenvalue weighted by atomic mass is 15.1. The van der Waals surface area contributed by atoms with Crippen molar-refractivity contribution >= 4 is 0 Å². The monoisotopic (exact) mass is 127 g/mol. The number of hydrogen-bond donors (Lipinski definition) is 0. The van der Waals surface area contributed by atoms with Gasteiger partial charge in [-0.3, -0.25) is 0 Å². The fourth-order valence-electron chi connectivity index (χ4n) is 1.61. The Bertz CT molecular complexity index is 80.6. The predicted octanol–water partition coefficient (Wildman–Crippen LogP) is 1.74. The smallest absolute Gasteiger partial charge is 0.000651 e. The van der Waals surface area contributed by atoms with E-state index in [1.54, 1.807) is 0 Å². The van der Waals surface area contributed by atoms with Crippen molar-refractivity contribution in [1.29, 1.82) is 0 Å². The second-order valence-electron chi connectivity index (χ2n) is 3.18. The van der Waals surface area contributed by atoms with Crippen LogP contribution in [0.25, 0.3) is 0 Å². The molecular formula is C8H17N. The third-order valence-electron chi connectivity index (χ3n) is 2.30. The second kappa shape index (κ2) is 3.21. The summed E-state index contributed by atoms with van der Waals surface area (Å²) in [4.78, 5) is 2.44. The first kappa shape index (κ1) is 7.07. The fourth-order valence-corrected chi connectivity index (χ4v) is 1.61. The highest BCUT2D eigenvalue weighted by Gasteiger charge is 2.14. The van der Waals surface area contributed by atoms with Crippen LogP contribution in [0.5, 0.6) is 0 Å². The molecule has 0 saturated carbocycles. The lowest BCUT2D eigenvalue weighted by molar-refractivity contribution is 0.206. The normalized spacial score (nSPS) is 30.7. The highest BCUT2D eigenvalue weighted by Crippen LogP contribution is 2.17. The van der Waals surface area contributed by atoms with Gasteiger partial charge in [-0.2, -0.15) is 0 Å². The van der Waals surface area contributed by atoms with Crippen molar-refractivity contribution in [2.45, 2.75) is 26.2 Å². The van der Waals surface area contributed by atoms with Crippen LogP contribution in [-0.2, 0) is 0 Å². The molecule has 9 heavy (non-hydrogen) atoms. The van der Waals surface area contributed by atoms with Gasteiger partial charge in [-0.25, -0.2) is 0 Å². The van der Waals surface area contributed by atoms with Crippen LogP contribution < -0.4 is 0 Å². The highest BCUT2D eigenvalue weighted by molar-refractivity contribution is 4.68. The van der Waals surface area contributed by atoms with Crippen LogP contribution in [-0.4, -0.2) is 25.0 Å². The molecule has 0 N–H and O–H groups in total. The van der Waals surface area contributed by atoms with Gasteiger partial charge in [0.2, 0.25) is 0 Å². The molecule has 0 aromatic carbocycles. The molecular weight excluding hydrogens is 110 g/mol. The third-order valence-corrected chi connectivity index (χ3v) is 2.30. The number of rotatable bonds is 1. The molecule has 1 saturated heterocycles. The minimum absolute atomic E-state index is 0.990. The summed E-state index contributed by atoms with van der Waals surface area (Å²) in [6.45, 7) is 4.94. The Labute approximate surface area is 58.0 Å². The summed E-state index contributed by atoms with van der Waals surface area (Å²) in [7, 11) is 2.22. The standard InChI is InChI=1S/C8H17N/c1-3-8-5-4-6-9(2)7-8/h8H,3-7H2,1-2H3/t8-/m0/s1. The molecule has 0 aliphatic carbocycles. The summed E-state index contributed by atoms with van der Waals surface area (Å²) >= 11 is 0. The van der Waals surface area contributed by atoms with E-state index in [0.717, 1.165) is 5.92 Å². The summed E-state index contributed by atoms with van der Waals surface area (Å²) in [5.74, 6) is 0.990. The van der Waals surface area contributed by atoms with E-state index >= 15 is 0 Å². The van der Waals surface area contributed by atoms with Gasteiger partial charge in [-0.05, 0) is 32.4 Å². The zero-order valence-electron chi connectivity index (χ0n) is 6.56. The van der Waals surface area contributed by atoms with Crippen LogP contribution in [0.3, 0.4) is 0 Å². The van der Waals surface area contributed by atoms with Crippen LogP contribution in [0.2, 0.25) is 0 Å². The van der Waals surface area contributed by atoms with Gasteiger partial charge >= 0.3 is 0 Å². The first-order valence-electron chi connectivity index (χ1n) is 4.01. The Morgan fingerprint density at radius 3 is 2.78 bits per heavy atom. The molecule has 54 valence electrons. The number of likely N-dealkylation sites (tertiary alicyclic amines) is 1. The van der Waals surface area contributed by atoms with Crippen LogP contribution >= 0.6 is 0 Å². The van der Waals surface area contributed by atoms with E-state index < -0.39 is 0 Å². The number of nitrogens with zero attached hydrogens (tertiary/aromatic N) is 1. The maximum atomic E-state index is 2.44. The molecule has 0 radical (unpaired) electrons. The molecule has 0 amide bonds. The molecule has 0 bridgehead atoms.